The van der Waals surface area contributed by atoms with Crippen LogP contribution in [0.1, 0.15) is 36.7 Å². The maximum atomic E-state index is 13.4. The van der Waals surface area contributed by atoms with Crippen LogP contribution in [-0.2, 0) is 10.0 Å². The van der Waals surface area contributed by atoms with Gasteiger partial charge >= 0.3 is 0 Å². The number of nitrogens with zero attached hydrogens (tertiary/aromatic N) is 6. The minimum absolute atomic E-state index is 0.0369. The minimum Gasteiger partial charge on any atom is -0.495 e. The van der Waals surface area contributed by atoms with Crippen molar-refractivity contribution < 1.29 is 13.2 Å². The molecule has 0 bridgehead atoms. The molecule has 1 N–H and O–H groups in total. The molecule has 0 aliphatic heterocycles. The molecule has 0 amide bonds. The Balaban J connectivity index is 1.77. The van der Waals surface area contributed by atoms with Gasteiger partial charge in [0.1, 0.15) is 11.6 Å². The Morgan fingerprint density at radius 2 is 1.69 bits per heavy atom. The van der Waals surface area contributed by atoms with Crippen molar-refractivity contribution in [3.05, 3.63) is 72.1 Å². The van der Waals surface area contributed by atoms with Gasteiger partial charge in [-0.15, -0.1) is 10.2 Å². The summed E-state index contributed by atoms with van der Waals surface area (Å²) in [5.74, 6) is 0.979. The summed E-state index contributed by atoms with van der Waals surface area (Å²) in [4.78, 5) is 12.8. The Bertz CT molecular complexity index is 1440. The number of methoxy groups -OCH3 is 1. The third kappa shape index (κ3) is 4.99. The zero-order chi connectivity index (χ0) is 25.2. The van der Waals surface area contributed by atoms with E-state index in [9.17, 15) is 8.42 Å². The van der Waals surface area contributed by atoms with Crippen LogP contribution in [0.5, 0.6) is 5.75 Å². The second-order valence-electron chi connectivity index (χ2n) is 8.36. The number of rotatable bonds is 8. The van der Waals surface area contributed by atoms with Crippen LogP contribution in [0, 0.1) is 13.8 Å². The van der Waals surface area contributed by atoms with Crippen LogP contribution in [0.3, 0.4) is 0 Å². The van der Waals surface area contributed by atoms with Gasteiger partial charge in [0, 0.05) is 36.3 Å². The number of benzene rings is 1. The first kappa shape index (κ1) is 24.3. The lowest BCUT2D eigenvalue weighted by atomic mass is 10.1. The molecule has 1 aromatic carbocycles. The summed E-state index contributed by atoms with van der Waals surface area (Å²) in [7, 11) is -2.36. The number of para-hydroxylation sites is 2. The molecule has 4 rings (SSSR count). The maximum absolute atomic E-state index is 13.4. The number of aromatic nitrogens is 6. The molecular formula is C24H27N7O3S. The second-order valence-corrected chi connectivity index (χ2v) is 10.4. The van der Waals surface area contributed by atoms with Crippen LogP contribution in [-0.4, -0.2) is 50.5 Å². The molecular weight excluding hydrogens is 466 g/mol. The normalized spacial score (nSPS) is 13.3. The summed E-state index contributed by atoms with van der Waals surface area (Å²) in [6.45, 7) is 7.19. The van der Waals surface area contributed by atoms with Crippen molar-refractivity contribution in [2.75, 3.05) is 11.8 Å². The molecule has 11 heteroatoms. The van der Waals surface area contributed by atoms with Gasteiger partial charge in [-0.05, 0) is 50.1 Å². The zero-order valence-corrected chi connectivity index (χ0v) is 21.0. The molecule has 2 atom stereocenters. The molecule has 10 nitrogen and oxygen atoms in total. The summed E-state index contributed by atoms with van der Waals surface area (Å²) in [6, 6.07) is 9.15. The van der Waals surface area contributed by atoms with Crippen LogP contribution in [0.25, 0.3) is 17.1 Å². The average Bonchev–Trinajstić information content (AvgIpc) is 3.26. The molecule has 0 spiro atoms. The van der Waals surface area contributed by atoms with Crippen LogP contribution >= 0.6 is 0 Å². The first-order valence-electron chi connectivity index (χ1n) is 11.0. The topological polar surface area (TPSA) is 125 Å². The second kappa shape index (κ2) is 9.79. The predicted molar refractivity (Wildman–Crippen MR) is 133 cm³/mol. The van der Waals surface area contributed by atoms with Gasteiger partial charge in [0.2, 0.25) is 16.0 Å². The summed E-state index contributed by atoms with van der Waals surface area (Å²) in [5, 5.41) is 7.64. The molecule has 2 unspecified atom stereocenters. The highest BCUT2D eigenvalue weighted by Crippen LogP contribution is 2.32. The number of aryl methyl sites for hydroxylation is 2. The number of sulfonamides is 1. The molecule has 0 aliphatic carbocycles. The SMILES string of the molecule is COc1ccccc1-n1c(NS(=O)(=O)C(C)C(C)c2ncc(C)cn2)nnc1-c1cncc(C)c1. The molecule has 35 heavy (non-hydrogen) atoms. The number of hydrogen-bond donors (Lipinski definition) is 1. The fraction of sp³-hybridized carbons (Fsp3) is 0.292. The number of hydrogen-bond acceptors (Lipinski definition) is 8. The van der Waals surface area contributed by atoms with E-state index in [1.807, 2.05) is 32.0 Å². The van der Waals surface area contributed by atoms with Crippen molar-refractivity contribution in [1.82, 2.24) is 29.7 Å². The first-order valence-corrected chi connectivity index (χ1v) is 12.6. The molecule has 0 saturated carbocycles. The highest BCUT2D eigenvalue weighted by Gasteiger charge is 2.31. The van der Waals surface area contributed by atoms with Gasteiger partial charge in [0.25, 0.3) is 0 Å². The molecule has 3 aromatic heterocycles. The molecule has 3 heterocycles. The van der Waals surface area contributed by atoms with Crippen LogP contribution in [0.4, 0.5) is 5.95 Å². The fourth-order valence-corrected chi connectivity index (χ4v) is 4.83. The summed E-state index contributed by atoms with van der Waals surface area (Å²) >= 11 is 0. The van der Waals surface area contributed by atoms with Crippen LogP contribution < -0.4 is 9.46 Å². The van der Waals surface area contributed by atoms with E-state index in [1.165, 1.54) is 0 Å². The predicted octanol–water partition coefficient (Wildman–Crippen LogP) is 3.68. The van der Waals surface area contributed by atoms with Crippen molar-refractivity contribution in [3.8, 4) is 22.8 Å². The molecule has 0 radical (unpaired) electrons. The van der Waals surface area contributed by atoms with E-state index in [2.05, 4.69) is 29.9 Å². The standard InChI is InChI=1S/C24H27N7O3S/c1-15-10-19(14-25-11-15)23-28-29-24(31(23)20-8-6-7-9-21(20)34-5)30-35(32,33)18(4)17(3)22-26-12-16(2)13-27-22/h6-14,17-18H,1-5H3,(H,29,30). The van der Waals surface area contributed by atoms with E-state index in [1.54, 1.807) is 62.4 Å². The maximum Gasteiger partial charge on any atom is 0.243 e. The highest BCUT2D eigenvalue weighted by atomic mass is 32.2. The van der Waals surface area contributed by atoms with Gasteiger partial charge in [0.05, 0.1) is 18.0 Å². The molecule has 0 saturated heterocycles. The lowest BCUT2D eigenvalue weighted by Gasteiger charge is -2.20. The van der Waals surface area contributed by atoms with Crippen molar-refractivity contribution in [3.63, 3.8) is 0 Å². The lowest BCUT2D eigenvalue weighted by Crippen LogP contribution is -2.31. The molecule has 0 fully saturated rings. The largest absolute Gasteiger partial charge is 0.495 e. The Labute approximate surface area is 204 Å². The van der Waals surface area contributed by atoms with Crippen molar-refractivity contribution in [2.24, 2.45) is 0 Å². The minimum atomic E-state index is -3.91. The highest BCUT2D eigenvalue weighted by molar-refractivity contribution is 7.93. The van der Waals surface area contributed by atoms with Crippen molar-refractivity contribution in [1.29, 1.82) is 0 Å². The number of nitrogens with one attached hydrogen (secondary N) is 1. The fourth-order valence-electron chi connectivity index (χ4n) is 3.59. The van der Waals surface area contributed by atoms with Gasteiger partial charge in [-0.25, -0.2) is 18.4 Å². The van der Waals surface area contributed by atoms with E-state index >= 15 is 0 Å². The third-order valence-corrected chi connectivity index (χ3v) is 7.61. The summed E-state index contributed by atoms with van der Waals surface area (Å²) in [6.07, 6.45) is 6.73. The van der Waals surface area contributed by atoms with Crippen molar-refractivity contribution in [2.45, 2.75) is 38.9 Å². The van der Waals surface area contributed by atoms with E-state index < -0.39 is 21.2 Å². The zero-order valence-electron chi connectivity index (χ0n) is 20.2. The third-order valence-electron chi connectivity index (χ3n) is 5.76. The number of anilines is 1. The Morgan fingerprint density at radius 1 is 0.971 bits per heavy atom. The average molecular weight is 494 g/mol. The Kier molecular flexibility index (Phi) is 6.79. The smallest absolute Gasteiger partial charge is 0.243 e. The number of ether oxygens (including phenoxy) is 1. The van der Waals surface area contributed by atoms with Gasteiger partial charge in [-0.3, -0.25) is 14.3 Å². The van der Waals surface area contributed by atoms with E-state index in [4.69, 9.17) is 4.74 Å². The monoisotopic (exact) mass is 493 g/mol. The number of pyridine rings is 1. The Morgan fingerprint density at radius 3 is 2.37 bits per heavy atom. The van der Waals surface area contributed by atoms with Crippen LogP contribution in [0.2, 0.25) is 0 Å². The van der Waals surface area contributed by atoms with Gasteiger partial charge in [-0.2, -0.15) is 0 Å². The van der Waals surface area contributed by atoms with E-state index in [-0.39, 0.29) is 5.95 Å². The van der Waals surface area contributed by atoms with E-state index in [0.29, 0.717) is 28.6 Å². The Hall–Kier alpha value is -3.86. The van der Waals surface area contributed by atoms with Crippen LogP contribution in [0.15, 0.2) is 55.1 Å². The van der Waals surface area contributed by atoms with Gasteiger partial charge in [0.15, 0.2) is 5.82 Å². The van der Waals surface area contributed by atoms with E-state index in [0.717, 1.165) is 11.1 Å². The van der Waals surface area contributed by atoms with Gasteiger partial charge in [-0.1, -0.05) is 19.1 Å². The van der Waals surface area contributed by atoms with Gasteiger partial charge < -0.3 is 4.74 Å². The molecule has 0 aliphatic rings. The summed E-state index contributed by atoms with van der Waals surface area (Å²) < 4.78 is 36.6. The summed E-state index contributed by atoms with van der Waals surface area (Å²) in [5.41, 5.74) is 3.09. The molecule has 182 valence electrons. The van der Waals surface area contributed by atoms with Crippen molar-refractivity contribution >= 4 is 16.0 Å². The quantitative estimate of drug-likeness (QED) is 0.394. The lowest BCUT2D eigenvalue weighted by molar-refractivity contribution is 0.413. The first-order chi connectivity index (χ1) is 16.7. The molecule has 4 aromatic rings.